The predicted octanol–water partition coefficient (Wildman–Crippen LogP) is 1.05. The first kappa shape index (κ1) is 14.6. The molecule has 1 fully saturated rings. The molecule has 1 aromatic rings. The van der Waals surface area contributed by atoms with E-state index in [2.05, 4.69) is 15.0 Å². The number of alkyl halides is 3. The number of aromatic nitrogens is 1. The highest BCUT2D eigenvalue weighted by molar-refractivity contribution is 5.76. The maximum atomic E-state index is 12.5. The molecule has 0 radical (unpaired) electrons. The fourth-order valence-electron chi connectivity index (χ4n) is 2.00. The third-order valence-corrected chi connectivity index (χ3v) is 3.06. The molecule has 1 unspecified atom stereocenters. The van der Waals surface area contributed by atoms with Crippen molar-refractivity contribution in [3.05, 3.63) is 23.9 Å². The summed E-state index contributed by atoms with van der Waals surface area (Å²) in [6.45, 7) is 1.40. The number of carbonyl (C=O) groups excluding carboxylic acids is 1. The van der Waals surface area contributed by atoms with Crippen molar-refractivity contribution in [1.29, 1.82) is 0 Å². The topological polar surface area (TPSA) is 54.5 Å². The largest absolute Gasteiger partial charge is 0.468 e. The SMILES string of the molecule is COC(=O)C1CN(c2ccc(C(F)(F)F)cn2)CCN1. The Hall–Kier alpha value is -1.83. The van der Waals surface area contributed by atoms with Gasteiger partial charge >= 0.3 is 12.1 Å². The van der Waals surface area contributed by atoms with E-state index in [1.54, 1.807) is 4.90 Å². The number of halogens is 3. The lowest BCUT2D eigenvalue weighted by Crippen LogP contribution is -2.54. The lowest BCUT2D eigenvalue weighted by Gasteiger charge is -2.33. The number of hydrogen-bond donors (Lipinski definition) is 1. The van der Waals surface area contributed by atoms with E-state index in [-0.39, 0.29) is 0 Å². The number of esters is 1. The molecule has 2 heterocycles. The van der Waals surface area contributed by atoms with Crippen LogP contribution in [-0.2, 0) is 15.7 Å². The molecule has 20 heavy (non-hydrogen) atoms. The van der Waals surface area contributed by atoms with Crippen LogP contribution in [0.15, 0.2) is 18.3 Å². The third-order valence-electron chi connectivity index (χ3n) is 3.06. The van der Waals surface area contributed by atoms with E-state index in [9.17, 15) is 18.0 Å². The second-order valence-corrected chi connectivity index (χ2v) is 4.38. The number of rotatable bonds is 2. The van der Waals surface area contributed by atoms with Gasteiger partial charge in [-0.1, -0.05) is 0 Å². The highest BCUT2D eigenvalue weighted by Crippen LogP contribution is 2.29. The maximum Gasteiger partial charge on any atom is 0.417 e. The monoisotopic (exact) mass is 289 g/mol. The van der Waals surface area contributed by atoms with E-state index in [4.69, 9.17) is 0 Å². The van der Waals surface area contributed by atoms with Crippen LogP contribution in [0.2, 0.25) is 0 Å². The van der Waals surface area contributed by atoms with Crippen LogP contribution in [0.3, 0.4) is 0 Å². The summed E-state index contributed by atoms with van der Waals surface area (Å²) in [5, 5.41) is 2.98. The lowest BCUT2D eigenvalue weighted by molar-refractivity contribution is -0.143. The van der Waals surface area contributed by atoms with Gasteiger partial charge in [0.2, 0.25) is 0 Å². The fourth-order valence-corrected chi connectivity index (χ4v) is 2.00. The molecule has 1 aromatic heterocycles. The normalized spacial score (nSPS) is 19.8. The molecule has 1 saturated heterocycles. The molecule has 1 atom stereocenters. The molecular weight excluding hydrogens is 275 g/mol. The Morgan fingerprint density at radius 3 is 2.80 bits per heavy atom. The fraction of sp³-hybridized carbons (Fsp3) is 0.500. The van der Waals surface area contributed by atoms with Crippen LogP contribution in [0, 0.1) is 0 Å². The number of piperazine rings is 1. The molecule has 8 heteroatoms. The van der Waals surface area contributed by atoms with Crippen LogP contribution in [0.5, 0.6) is 0 Å². The maximum absolute atomic E-state index is 12.5. The van der Waals surface area contributed by atoms with E-state index in [0.717, 1.165) is 12.3 Å². The van der Waals surface area contributed by atoms with Crippen molar-refractivity contribution in [1.82, 2.24) is 10.3 Å². The van der Waals surface area contributed by atoms with Crippen molar-refractivity contribution in [2.24, 2.45) is 0 Å². The minimum absolute atomic E-state index is 0.311. The van der Waals surface area contributed by atoms with Crippen LogP contribution in [-0.4, -0.2) is 43.7 Å². The second kappa shape index (κ2) is 5.66. The van der Waals surface area contributed by atoms with E-state index < -0.39 is 23.8 Å². The third kappa shape index (κ3) is 3.19. The van der Waals surface area contributed by atoms with Gasteiger partial charge in [0.25, 0.3) is 0 Å². The summed E-state index contributed by atoms with van der Waals surface area (Å²) in [7, 11) is 1.29. The highest BCUT2D eigenvalue weighted by Gasteiger charge is 2.31. The second-order valence-electron chi connectivity index (χ2n) is 4.38. The lowest BCUT2D eigenvalue weighted by atomic mass is 10.2. The highest BCUT2D eigenvalue weighted by atomic mass is 19.4. The Labute approximate surface area is 113 Å². The average Bonchev–Trinajstić information content (AvgIpc) is 2.46. The van der Waals surface area contributed by atoms with Gasteiger partial charge in [0, 0.05) is 25.8 Å². The Bertz CT molecular complexity index is 476. The average molecular weight is 289 g/mol. The quantitative estimate of drug-likeness (QED) is 0.825. The number of methoxy groups -OCH3 is 1. The summed E-state index contributed by atoms with van der Waals surface area (Å²) in [5.74, 6) is 0.00927. The number of nitrogens with one attached hydrogen (secondary N) is 1. The summed E-state index contributed by atoms with van der Waals surface area (Å²) in [5.41, 5.74) is -0.791. The standard InChI is InChI=1S/C12H14F3N3O2/c1-20-11(19)9-7-18(5-4-16-9)10-3-2-8(6-17-10)12(13,14)15/h2-3,6,9,16H,4-5,7H2,1H3. The Morgan fingerprint density at radius 2 is 2.25 bits per heavy atom. The molecule has 0 saturated carbocycles. The first-order valence-corrected chi connectivity index (χ1v) is 6.01. The van der Waals surface area contributed by atoms with Gasteiger partial charge in [0.15, 0.2) is 0 Å². The van der Waals surface area contributed by atoms with Gasteiger partial charge < -0.3 is 15.0 Å². The first-order valence-electron chi connectivity index (χ1n) is 6.01. The van der Waals surface area contributed by atoms with Gasteiger partial charge in [-0.3, -0.25) is 4.79 Å². The molecule has 0 aromatic carbocycles. The molecular formula is C12H14F3N3O2. The summed E-state index contributed by atoms with van der Waals surface area (Å²) in [4.78, 5) is 17.0. The predicted molar refractivity (Wildman–Crippen MR) is 65.3 cm³/mol. The first-order chi connectivity index (χ1) is 9.41. The molecule has 5 nitrogen and oxygen atoms in total. The Kier molecular flexibility index (Phi) is 4.12. The molecule has 1 N–H and O–H groups in total. The van der Waals surface area contributed by atoms with Crippen molar-refractivity contribution in [3.63, 3.8) is 0 Å². The van der Waals surface area contributed by atoms with Crippen LogP contribution >= 0.6 is 0 Å². The molecule has 0 spiro atoms. The Balaban J connectivity index is 2.09. The van der Waals surface area contributed by atoms with Crippen LogP contribution in [0.25, 0.3) is 0 Å². The molecule has 1 aliphatic rings. The zero-order valence-corrected chi connectivity index (χ0v) is 10.8. The summed E-state index contributed by atoms with van der Waals surface area (Å²) in [6.07, 6.45) is -3.60. The van der Waals surface area contributed by atoms with E-state index in [1.165, 1.54) is 13.2 Å². The summed E-state index contributed by atoms with van der Waals surface area (Å²) in [6, 6.07) is 1.79. The number of ether oxygens (including phenoxy) is 1. The summed E-state index contributed by atoms with van der Waals surface area (Å²) >= 11 is 0. The molecule has 0 aliphatic carbocycles. The van der Waals surface area contributed by atoms with Gasteiger partial charge in [-0.05, 0) is 12.1 Å². The number of hydrogen-bond acceptors (Lipinski definition) is 5. The van der Waals surface area contributed by atoms with Gasteiger partial charge in [0.05, 0.1) is 12.7 Å². The minimum Gasteiger partial charge on any atom is -0.468 e. The Morgan fingerprint density at radius 1 is 1.50 bits per heavy atom. The zero-order valence-electron chi connectivity index (χ0n) is 10.8. The van der Waals surface area contributed by atoms with E-state index in [1.807, 2.05) is 0 Å². The molecule has 110 valence electrons. The van der Waals surface area contributed by atoms with E-state index >= 15 is 0 Å². The van der Waals surface area contributed by atoms with Crippen molar-refractivity contribution in [3.8, 4) is 0 Å². The van der Waals surface area contributed by atoms with Gasteiger partial charge in [0.1, 0.15) is 11.9 Å². The number of carbonyl (C=O) groups is 1. The molecule has 0 bridgehead atoms. The van der Waals surface area contributed by atoms with Gasteiger partial charge in [-0.25, -0.2) is 4.98 Å². The number of pyridine rings is 1. The van der Waals surface area contributed by atoms with Crippen LogP contribution in [0.1, 0.15) is 5.56 Å². The van der Waals surface area contributed by atoms with Gasteiger partial charge in [-0.2, -0.15) is 13.2 Å². The van der Waals surface area contributed by atoms with Crippen molar-refractivity contribution < 1.29 is 22.7 Å². The van der Waals surface area contributed by atoms with Crippen LogP contribution < -0.4 is 10.2 Å². The summed E-state index contributed by atoms with van der Waals surface area (Å²) < 4.78 is 42.0. The minimum atomic E-state index is -4.40. The zero-order chi connectivity index (χ0) is 14.8. The van der Waals surface area contributed by atoms with Crippen LogP contribution in [0.4, 0.5) is 19.0 Å². The smallest absolute Gasteiger partial charge is 0.417 e. The number of nitrogens with zero attached hydrogens (tertiary/aromatic N) is 2. The molecule has 1 aliphatic heterocycles. The number of anilines is 1. The molecule has 2 rings (SSSR count). The molecule has 0 amide bonds. The van der Waals surface area contributed by atoms with Crippen molar-refractivity contribution in [2.75, 3.05) is 31.6 Å². The van der Waals surface area contributed by atoms with Gasteiger partial charge in [-0.15, -0.1) is 0 Å². The van der Waals surface area contributed by atoms with Crippen molar-refractivity contribution in [2.45, 2.75) is 12.2 Å². The van der Waals surface area contributed by atoms with Crippen molar-refractivity contribution >= 4 is 11.8 Å². The van der Waals surface area contributed by atoms with E-state index in [0.29, 0.717) is 25.5 Å².